The van der Waals surface area contributed by atoms with Crippen LogP contribution in [0, 0.1) is 6.92 Å². The predicted octanol–water partition coefficient (Wildman–Crippen LogP) is 4.02. The van der Waals surface area contributed by atoms with Crippen molar-refractivity contribution >= 4 is 16.7 Å². The molecule has 0 radical (unpaired) electrons. The van der Waals surface area contributed by atoms with Crippen molar-refractivity contribution in [2.45, 2.75) is 38.5 Å². The van der Waals surface area contributed by atoms with Gasteiger partial charge in [-0.2, -0.15) is 13.2 Å². The molecule has 28 heavy (non-hydrogen) atoms. The van der Waals surface area contributed by atoms with Crippen molar-refractivity contribution in [2.24, 2.45) is 0 Å². The average molecular weight is 391 g/mol. The number of alkyl halides is 3. The minimum absolute atomic E-state index is 0.204. The minimum Gasteiger partial charge on any atom is -0.367 e. The van der Waals surface area contributed by atoms with Crippen LogP contribution in [-0.2, 0) is 12.7 Å². The zero-order chi connectivity index (χ0) is 19.7. The second-order valence-electron chi connectivity index (χ2n) is 7.04. The van der Waals surface area contributed by atoms with Gasteiger partial charge in [-0.25, -0.2) is 9.97 Å². The number of piperidine rings is 1. The van der Waals surface area contributed by atoms with Gasteiger partial charge < -0.3 is 9.84 Å². The third-order valence-electron chi connectivity index (χ3n) is 4.90. The first-order valence-electron chi connectivity index (χ1n) is 9.12. The Morgan fingerprint density at radius 1 is 1.21 bits per heavy atom. The van der Waals surface area contributed by atoms with Gasteiger partial charge in [-0.05, 0) is 38.0 Å². The summed E-state index contributed by atoms with van der Waals surface area (Å²) in [6, 6.07) is 6.07. The molecule has 1 saturated heterocycles. The number of likely N-dealkylation sites (tertiary alicyclic amines) is 1. The lowest BCUT2D eigenvalue weighted by Gasteiger charge is -2.32. The molecule has 6 nitrogen and oxygen atoms in total. The highest BCUT2D eigenvalue weighted by molar-refractivity contribution is 5.89. The molecule has 3 aromatic rings. The number of aryl methyl sites for hydroxylation is 1. The van der Waals surface area contributed by atoms with E-state index < -0.39 is 11.9 Å². The molecule has 0 unspecified atom stereocenters. The number of aromatic nitrogens is 3. The molecule has 0 bridgehead atoms. The molecule has 1 fully saturated rings. The first-order chi connectivity index (χ1) is 13.4. The molecule has 1 aliphatic heterocycles. The Labute approximate surface area is 159 Å². The van der Waals surface area contributed by atoms with Crippen LogP contribution in [0.25, 0.3) is 10.9 Å². The summed E-state index contributed by atoms with van der Waals surface area (Å²) < 4.78 is 43.7. The first-order valence-corrected chi connectivity index (χ1v) is 9.12. The van der Waals surface area contributed by atoms with Crippen LogP contribution in [0.15, 0.2) is 35.0 Å². The van der Waals surface area contributed by atoms with E-state index in [9.17, 15) is 13.2 Å². The van der Waals surface area contributed by atoms with Crippen LogP contribution in [0.3, 0.4) is 0 Å². The number of hydrogen-bond acceptors (Lipinski definition) is 6. The van der Waals surface area contributed by atoms with Crippen LogP contribution < -0.4 is 5.32 Å². The molecule has 148 valence electrons. The Kier molecular flexibility index (Phi) is 4.92. The maximum absolute atomic E-state index is 12.9. The van der Waals surface area contributed by atoms with Gasteiger partial charge in [-0.15, -0.1) is 0 Å². The van der Waals surface area contributed by atoms with Crippen LogP contribution in [-0.4, -0.2) is 39.2 Å². The Morgan fingerprint density at radius 2 is 2.00 bits per heavy atom. The maximum atomic E-state index is 12.9. The van der Waals surface area contributed by atoms with Gasteiger partial charge in [-0.1, -0.05) is 5.16 Å². The van der Waals surface area contributed by atoms with E-state index >= 15 is 0 Å². The molecule has 1 N–H and O–H groups in total. The van der Waals surface area contributed by atoms with Crippen molar-refractivity contribution in [3.05, 3.63) is 47.6 Å². The van der Waals surface area contributed by atoms with Crippen LogP contribution in [0.1, 0.15) is 30.0 Å². The number of fused-ring (bicyclic) bond motifs is 1. The molecule has 1 aliphatic rings. The average Bonchev–Trinajstić information content (AvgIpc) is 3.07. The molecule has 0 aromatic carbocycles. The van der Waals surface area contributed by atoms with Crippen LogP contribution >= 0.6 is 0 Å². The molecule has 3 aromatic heterocycles. The zero-order valence-corrected chi connectivity index (χ0v) is 15.3. The summed E-state index contributed by atoms with van der Waals surface area (Å²) in [5.41, 5.74) is 0.311. The fraction of sp³-hybridized carbons (Fsp3) is 0.421. The van der Waals surface area contributed by atoms with Crippen LogP contribution in [0.5, 0.6) is 0 Å². The molecule has 0 amide bonds. The summed E-state index contributed by atoms with van der Waals surface area (Å²) in [4.78, 5) is 10.4. The maximum Gasteiger partial charge on any atom is 0.433 e. The number of nitrogens with zero attached hydrogens (tertiary/aromatic N) is 4. The van der Waals surface area contributed by atoms with Gasteiger partial charge in [0, 0.05) is 43.3 Å². The monoisotopic (exact) mass is 391 g/mol. The van der Waals surface area contributed by atoms with Gasteiger partial charge in [0.05, 0.1) is 11.2 Å². The second-order valence-corrected chi connectivity index (χ2v) is 7.04. The van der Waals surface area contributed by atoms with E-state index in [0.717, 1.165) is 50.0 Å². The summed E-state index contributed by atoms with van der Waals surface area (Å²) in [5.74, 6) is 1.38. The predicted molar refractivity (Wildman–Crippen MR) is 97.7 cm³/mol. The van der Waals surface area contributed by atoms with Gasteiger partial charge in [0.1, 0.15) is 17.3 Å². The summed E-state index contributed by atoms with van der Waals surface area (Å²) in [6.07, 6.45) is -1.16. The molecular formula is C19H20F3N5O. The minimum atomic E-state index is -4.46. The lowest BCUT2D eigenvalue weighted by molar-refractivity contribution is -0.140. The molecule has 0 atom stereocenters. The van der Waals surface area contributed by atoms with Gasteiger partial charge >= 0.3 is 6.18 Å². The lowest BCUT2D eigenvalue weighted by atomic mass is 10.0. The summed E-state index contributed by atoms with van der Waals surface area (Å²) in [7, 11) is 0. The lowest BCUT2D eigenvalue weighted by Crippen LogP contribution is -2.38. The molecule has 0 aliphatic carbocycles. The molecule has 0 spiro atoms. The highest BCUT2D eigenvalue weighted by Crippen LogP contribution is 2.30. The van der Waals surface area contributed by atoms with Crippen molar-refractivity contribution in [1.29, 1.82) is 0 Å². The van der Waals surface area contributed by atoms with Crippen molar-refractivity contribution < 1.29 is 17.7 Å². The van der Waals surface area contributed by atoms with E-state index in [4.69, 9.17) is 4.52 Å². The highest BCUT2D eigenvalue weighted by Gasteiger charge is 2.32. The van der Waals surface area contributed by atoms with Gasteiger partial charge in [0.2, 0.25) is 0 Å². The standard InChI is InChI=1S/C19H20F3N5O/c1-12-10-14(26-28-12)11-27-8-5-13(6-9-27)24-18-15-2-3-17(19(20,21)22)25-16(15)4-7-23-18/h2-4,7,10,13H,5-6,8-9,11H2,1H3,(H,23,24). The fourth-order valence-electron chi connectivity index (χ4n) is 3.48. The summed E-state index contributed by atoms with van der Waals surface area (Å²) >= 11 is 0. The third-order valence-corrected chi connectivity index (χ3v) is 4.90. The highest BCUT2D eigenvalue weighted by atomic mass is 19.4. The second kappa shape index (κ2) is 7.38. The first kappa shape index (κ1) is 18.7. The number of hydrogen-bond donors (Lipinski definition) is 1. The van der Waals surface area contributed by atoms with Gasteiger partial charge in [0.25, 0.3) is 0 Å². The van der Waals surface area contributed by atoms with E-state index in [0.29, 0.717) is 11.2 Å². The van der Waals surface area contributed by atoms with Gasteiger partial charge in [-0.3, -0.25) is 4.90 Å². The molecule has 4 heterocycles. The SMILES string of the molecule is Cc1cc(CN2CCC(Nc3nccc4nc(C(F)(F)F)ccc34)CC2)no1. The van der Waals surface area contributed by atoms with Crippen molar-refractivity contribution in [1.82, 2.24) is 20.0 Å². The zero-order valence-electron chi connectivity index (χ0n) is 15.3. The van der Waals surface area contributed by atoms with E-state index in [1.807, 2.05) is 13.0 Å². The Bertz CT molecular complexity index is 964. The smallest absolute Gasteiger partial charge is 0.367 e. The Balaban J connectivity index is 1.41. The quantitative estimate of drug-likeness (QED) is 0.725. The normalized spacial score (nSPS) is 16.6. The number of anilines is 1. The third kappa shape index (κ3) is 4.09. The van der Waals surface area contributed by atoms with E-state index in [1.54, 1.807) is 0 Å². The van der Waals surface area contributed by atoms with Gasteiger partial charge in [0.15, 0.2) is 0 Å². The van der Waals surface area contributed by atoms with Crippen molar-refractivity contribution in [3.63, 3.8) is 0 Å². The Morgan fingerprint density at radius 3 is 2.68 bits per heavy atom. The van der Waals surface area contributed by atoms with Crippen molar-refractivity contribution in [2.75, 3.05) is 18.4 Å². The molecular weight excluding hydrogens is 371 g/mol. The number of nitrogens with one attached hydrogen (secondary N) is 1. The number of rotatable bonds is 4. The molecule has 4 rings (SSSR count). The van der Waals surface area contributed by atoms with Crippen LogP contribution in [0.4, 0.5) is 19.0 Å². The molecule has 9 heteroatoms. The number of halogens is 3. The van der Waals surface area contributed by atoms with E-state index in [1.165, 1.54) is 18.3 Å². The molecule has 0 saturated carbocycles. The van der Waals surface area contributed by atoms with E-state index in [-0.39, 0.29) is 11.6 Å². The van der Waals surface area contributed by atoms with Crippen LogP contribution in [0.2, 0.25) is 0 Å². The van der Waals surface area contributed by atoms with E-state index in [2.05, 4.69) is 25.3 Å². The Hall–Kier alpha value is -2.68. The summed E-state index contributed by atoms with van der Waals surface area (Å²) in [6.45, 7) is 4.41. The summed E-state index contributed by atoms with van der Waals surface area (Å²) in [5, 5.41) is 8.00. The fourth-order valence-corrected chi connectivity index (χ4v) is 3.48. The topological polar surface area (TPSA) is 67.1 Å². The largest absolute Gasteiger partial charge is 0.433 e. The van der Waals surface area contributed by atoms with Crippen molar-refractivity contribution in [3.8, 4) is 0 Å². The number of pyridine rings is 2.